The molecule has 17 heavy (non-hydrogen) atoms. The van der Waals surface area contributed by atoms with E-state index >= 15 is 0 Å². The van der Waals surface area contributed by atoms with Crippen molar-refractivity contribution in [2.75, 3.05) is 19.5 Å². The average molecular weight is 257 g/mol. The number of rotatable bonds is 7. The smallest absolute Gasteiger partial charge is 0.255 e. The summed E-state index contributed by atoms with van der Waals surface area (Å²) in [5, 5.41) is 2.84. The molecule has 0 aromatic carbocycles. The van der Waals surface area contributed by atoms with Gasteiger partial charge in [-0.3, -0.25) is 9.78 Å². The summed E-state index contributed by atoms with van der Waals surface area (Å²) in [6.45, 7) is 0.654. The van der Waals surface area contributed by atoms with Gasteiger partial charge in [0.25, 0.3) is 5.91 Å². The molecule has 4 nitrogen and oxygen atoms in total. The molecule has 0 fully saturated rings. The minimum absolute atomic E-state index is 0.130. The highest BCUT2D eigenvalue weighted by Gasteiger charge is 2.10. The molecule has 5 heteroatoms. The van der Waals surface area contributed by atoms with Crippen LogP contribution < -0.4 is 10.1 Å². The molecular weight excluding hydrogens is 240 g/mol. The highest BCUT2D eigenvalue weighted by molar-refractivity contribution is 6.17. The number of hydrogen-bond acceptors (Lipinski definition) is 3. The summed E-state index contributed by atoms with van der Waals surface area (Å²) < 4.78 is 5.07. The van der Waals surface area contributed by atoms with Gasteiger partial charge in [0.15, 0.2) is 0 Å². The number of halogens is 1. The third-order valence-corrected chi connectivity index (χ3v) is 2.61. The number of alkyl halides is 1. The van der Waals surface area contributed by atoms with Gasteiger partial charge in [-0.25, -0.2) is 0 Å². The van der Waals surface area contributed by atoms with Crippen molar-refractivity contribution in [2.24, 2.45) is 0 Å². The molecule has 1 aromatic rings. The van der Waals surface area contributed by atoms with Crippen LogP contribution in [0.5, 0.6) is 5.75 Å². The average Bonchev–Trinajstić information content (AvgIpc) is 2.38. The van der Waals surface area contributed by atoms with Crippen molar-refractivity contribution in [2.45, 2.75) is 19.3 Å². The summed E-state index contributed by atoms with van der Waals surface area (Å²) in [5.41, 5.74) is 0.514. The number of amides is 1. The maximum Gasteiger partial charge on any atom is 0.255 e. The zero-order valence-electron chi connectivity index (χ0n) is 9.91. The Morgan fingerprint density at radius 3 is 3.00 bits per heavy atom. The van der Waals surface area contributed by atoms with Gasteiger partial charge in [-0.05, 0) is 18.9 Å². The summed E-state index contributed by atoms with van der Waals surface area (Å²) in [5.74, 6) is 1.03. The van der Waals surface area contributed by atoms with Crippen LogP contribution in [0.15, 0.2) is 18.5 Å². The number of carbonyl (C=O) groups excluding carboxylic acids is 1. The van der Waals surface area contributed by atoms with Crippen LogP contribution in [-0.2, 0) is 0 Å². The number of methoxy groups -OCH3 is 1. The van der Waals surface area contributed by atoms with Gasteiger partial charge in [0.2, 0.25) is 0 Å². The van der Waals surface area contributed by atoms with Crippen molar-refractivity contribution >= 4 is 17.5 Å². The number of aromatic nitrogens is 1. The lowest BCUT2D eigenvalue weighted by Crippen LogP contribution is -2.25. The van der Waals surface area contributed by atoms with Crippen LogP contribution in [0.3, 0.4) is 0 Å². The van der Waals surface area contributed by atoms with Crippen molar-refractivity contribution in [3.05, 3.63) is 24.0 Å². The SMILES string of the molecule is COc1cnccc1C(=O)NCCCCCCl. The lowest BCUT2D eigenvalue weighted by molar-refractivity contribution is 0.0950. The molecule has 0 saturated heterocycles. The Kier molecular flexibility index (Phi) is 6.40. The van der Waals surface area contributed by atoms with Crippen LogP contribution >= 0.6 is 11.6 Å². The van der Waals surface area contributed by atoms with Gasteiger partial charge in [-0.15, -0.1) is 11.6 Å². The van der Waals surface area contributed by atoms with E-state index < -0.39 is 0 Å². The normalized spacial score (nSPS) is 10.0. The molecule has 0 unspecified atom stereocenters. The van der Waals surface area contributed by atoms with Gasteiger partial charge in [0.05, 0.1) is 18.9 Å². The molecule has 0 saturated carbocycles. The Morgan fingerprint density at radius 1 is 1.47 bits per heavy atom. The zero-order chi connectivity index (χ0) is 12.5. The minimum Gasteiger partial charge on any atom is -0.494 e. The molecule has 1 aromatic heterocycles. The first-order valence-corrected chi connectivity index (χ1v) is 6.15. The van der Waals surface area contributed by atoms with E-state index in [1.807, 2.05) is 0 Å². The summed E-state index contributed by atoms with van der Waals surface area (Å²) >= 11 is 5.57. The number of hydrogen-bond donors (Lipinski definition) is 1. The number of ether oxygens (including phenoxy) is 1. The second kappa shape index (κ2) is 7.90. The first-order chi connectivity index (χ1) is 8.29. The fraction of sp³-hybridized carbons (Fsp3) is 0.500. The number of pyridine rings is 1. The molecule has 0 aliphatic carbocycles. The van der Waals surface area contributed by atoms with Crippen LogP contribution in [-0.4, -0.2) is 30.4 Å². The van der Waals surface area contributed by atoms with Gasteiger partial charge in [-0.2, -0.15) is 0 Å². The highest BCUT2D eigenvalue weighted by atomic mass is 35.5. The summed E-state index contributed by atoms with van der Waals surface area (Å²) in [6, 6.07) is 1.65. The van der Waals surface area contributed by atoms with Gasteiger partial charge in [0.1, 0.15) is 5.75 Å². The topological polar surface area (TPSA) is 51.2 Å². The molecule has 0 aliphatic heterocycles. The molecule has 0 atom stereocenters. The largest absolute Gasteiger partial charge is 0.494 e. The number of unbranched alkanes of at least 4 members (excludes halogenated alkanes) is 2. The monoisotopic (exact) mass is 256 g/mol. The van der Waals surface area contributed by atoms with Crippen molar-refractivity contribution in [3.8, 4) is 5.75 Å². The predicted octanol–water partition coefficient (Wildman–Crippen LogP) is 2.23. The molecule has 0 aliphatic rings. The first kappa shape index (κ1) is 13.8. The van der Waals surface area contributed by atoms with Crippen LogP contribution in [0, 0.1) is 0 Å². The quantitative estimate of drug-likeness (QED) is 0.601. The van der Waals surface area contributed by atoms with E-state index in [0.29, 0.717) is 23.7 Å². The lowest BCUT2D eigenvalue weighted by atomic mass is 10.2. The lowest BCUT2D eigenvalue weighted by Gasteiger charge is -2.08. The van der Waals surface area contributed by atoms with E-state index in [4.69, 9.17) is 16.3 Å². The first-order valence-electron chi connectivity index (χ1n) is 5.61. The van der Waals surface area contributed by atoms with Crippen molar-refractivity contribution in [3.63, 3.8) is 0 Å². The molecular formula is C12H17ClN2O2. The Hall–Kier alpha value is -1.29. The number of nitrogens with zero attached hydrogens (tertiary/aromatic N) is 1. The van der Waals surface area contributed by atoms with Crippen LogP contribution in [0.25, 0.3) is 0 Å². The predicted molar refractivity (Wildman–Crippen MR) is 67.7 cm³/mol. The highest BCUT2D eigenvalue weighted by Crippen LogP contribution is 2.15. The van der Waals surface area contributed by atoms with E-state index in [2.05, 4.69) is 10.3 Å². The number of nitrogens with one attached hydrogen (secondary N) is 1. The molecule has 1 rings (SSSR count). The van der Waals surface area contributed by atoms with E-state index in [9.17, 15) is 4.79 Å². The summed E-state index contributed by atoms with van der Waals surface area (Å²) in [4.78, 5) is 15.7. The third-order valence-electron chi connectivity index (χ3n) is 2.35. The van der Waals surface area contributed by atoms with E-state index in [0.717, 1.165) is 19.3 Å². The van der Waals surface area contributed by atoms with Gasteiger partial charge < -0.3 is 10.1 Å². The van der Waals surface area contributed by atoms with Gasteiger partial charge in [0, 0.05) is 18.6 Å². The zero-order valence-corrected chi connectivity index (χ0v) is 10.7. The van der Waals surface area contributed by atoms with Crippen molar-refractivity contribution in [1.82, 2.24) is 10.3 Å². The summed E-state index contributed by atoms with van der Waals surface area (Å²) in [7, 11) is 1.52. The van der Waals surface area contributed by atoms with Crippen LogP contribution in [0.1, 0.15) is 29.6 Å². The molecule has 0 spiro atoms. The van der Waals surface area contributed by atoms with E-state index in [-0.39, 0.29) is 5.91 Å². The molecule has 0 bridgehead atoms. The molecule has 0 radical (unpaired) electrons. The van der Waals surface area contributed by atoms with E-state index in [1.54, 1.807) is 12.3 Å². The molecule has 1 amide bonds. The van der Waals surface area contributed by atoms with Crippen molar-refractivity contribution < 1.29 is 9.53 Å². The third kappa shape index (κ3) is 4.61. The summed E-state index contributed by atoms with van der Waals surface area (Å²) in [6.07, 6.45) is 6.05. The maximum absolute atomic E-state index is 11.8. The van der Waals surface area contributed by atoms with E-state index in [1.165, 1.54) is 13.3 Å². The fourth-order valence-corrected chi connectivity index (χ4v) is 1.61. The second-order valence-electron chi connectivity index (χ2n) is 3.58. The molecule has 94 valence electrons. The second-order valence-corrected chi connectivity index (χ2v) is 3.96. The molecule has 1 N–H and O–H groups in total. The maximum atomic E-state index is 11.8. The molecule has 1 heterocycles. The standard InChI is InChI=1S/C12H17ClN2O2/c1-17-11-9-14-8-5-10(11)12(16)15-7-4-2-3-6-13/h5,8-9H,2-4,6-7H2,1H3,(H,15,16). The van der Waals surface area contributed by atoms with Crippen molar-refractivity contribution in [1.29, 1.82) is 0 Å². The Balaban J connectivity index is 2.41. The van der Waals surface area contributed by atoms with Crippen LogP contribution in [0.4, 0.5) is 0 Å². The number of carbonyl (C=O) groups is 1. The Labute approximate surface area is 106 Å². The van der Waals surface area contributed by atoms with Crippen LogP contribution in [0.2, 0.25) is 0 Å². The Bertz CT molecular complexity index is 358. The van der Waals surface area contributed by atoms with Gasteiger partial charge >= 0.3 is 0 Å². The van der Waals surface area contributed by atoms with Gasteiger partial charge in [-0.1, -0.05) is 6.42 Å². The fourth-order valence-electron chi connectivity index (χ4n) is 1.42. The Morgan fingerprint density at radius 2 is 2.29 bits per heavy atom. The minimum atomic E-state index is -0.130.